The molecule has 26 heavy (non-hydrogen) atoms. The second-order valence-electron chi connectivity index (χ2n) is 5.94. The molecule has 1 aromatic carbocycles. The third-order valence-electron chi connectivity index (χ3n) is 4.21. The molecule has 0 unspecified atom stereocenters. The third kappa shape index (κ3) is 3.82. The molecule has 8 heteroatoms. The van der Waals surface area contributed by atoms with Gasteiger partial charge in [-0.05, 0) is 48.6 Å². The zero-order valence-electron chi connectivity index (χ0n) is 14.9. The van der Waals surface area contributed by atoms with Crippen molar-refractivity contribution in [3.05, 3.63) is 52.8 Å². The maximum Gasteiger partial charge on any atom is 0.244 e. The lowest BCUT2D eigenvalue weighted by Crippen LogP contribution is -2.26. The number of hydrogen-bond acceptors (Lipinski definition) is 5. The van der Waals surface area contributed by atoms with Crippen molar-refractivity contribution >= 4 is 21.4 Å². The fourth-order valence-electron chi connectivity index (χ4n) is 2.66. The summed E-state index contributed by atoms with van der Waals surface area (Å²) in [5, 5.41) is 1.99. The molecule has 6 nitrogen and oxygen atoms in total. The Labute approximate surface area is 157 Å². The highest BCUT2D eigenvalue weighted by Crippen LogP contribution is 2.28. The van der Waals surface area contributed by atoms with Gasteiger partial charge in [0.25, 0.3) is 0 Å². The van der Waals surface area contributed by atoms with E-state index in [0.717, 1.165) is 27.4 Å². The zero-order chi connectivity index (χ0) is 18.7. The van der Waals surface area contributed by atoms with E-state index in [1.165, 1.54) is 7.11 Å². The Morgan fingerprint density at radius 2 is 2.04 bits per heavy atom. The van der Waals surface area contributed by atoms with Crippen molar-refractivity contribution in [2.75, 3.05) is 13.7 Å². The standard InChI is InChI=1S/C18H21N3O3S2/c1-12-9-15(24-3)17(10-13(12)2)26(22,23)21-7-6-14-18(20-11-19-14)16-5-4-8-25-16/h4-5,8-11,21H,6-7H2,1-3H3,(H,19,20). The van der Waals surface area contributed by atoms with Crippen LogP contribution >= 0.6 is 11.3 Å². The summed E-state index contributed by atoms with van der Waals surface area (Å²) in [5.41, 5.74) is 3.66. The van der Waals surface area contributed by atoms with E-state index >= 15 is 0 Å². The van der Waals surface area contributed by atoms with Crippen molar-refractivity contribution in [2.45, 2.75) is 25.2 Å². The number of hydrogen-bond donors (Lipinski definition) is 2. The smallest absolute Gasteiger partial charge is 0.244 e. The normalized spacial score (nSPS) is 11.7. The molecule has 0 bridgehead atoms. The molecule has 0 spiro atoms. The van der Waals surface area contributed by atoms with Crippen molar-refractivity contribution in [3.8, 4) is 16.3 Å². The van der Waals surface area contributed by atoms with Crippen LogP contribution in [0.15, 0.2) is 40.9 Å². The van der Waals surface area contributed by atoms with E-state index in [-0.39, 0.29) is 11.4 Å². The lowest BCUT2D eigenvalue weighted by Gasteiger charge is -2.13. The molecular weight excluding hydrogens is 370 g/mol. The third-order valence-corrected chi connectivity index (χ3v) is 6.57. The maximum atomic E-state index is 12.7. The minimum atomic E-state index is -3.67. The maximum absolute atomic E-state index is 12.7. The first-order chi connectivity index (χ1) is 12.4. The molecule has 3 rings (SSSR count). The Bertz CT molecular complexity index is 993. The molecule has 0 aliphatic carbocycles. The quantitative estimate of drug-likeness (QED) is 0.647. The molecule has 2 heterocycles. The van der Waals surface area contributed by atoms with E-state index in [0.29, 0.717) is 12.2 Å². The number of imidazole rings is 1. The van der Waals surface area contributed by atoms with Crippen LogP contribution < -0.4 is 9.46 Å². The average molecular weight is 392 g/mol. The highest BCUT2D eigenvalue weighted by atomic mass is 32.2. The number of H-pyrrole nitrogens is 1. The number of aromatic amines is 1. The first kappa shape index (κ1) is 18.6. The number of sulfonamides is 1. The highest BCUT2D eigenvalue weighted by molar-refractivity contribution is 7.89. The summed E-state index contributed by atoms with van der Waals surface area (Å²) in [7, 11) is -2.20. The molecule has 0 atom stereocenters. The summed E-state index contributed by atoms with van der Waals surface area (Å²) in [6.07, 6.45) is 2.14. The van der Waals surface area contributed by atoms with Crippen LogP contribution in [-0.2, 0) is 16.4 Å². The topological polar surface area (TPSA) is 84.1 Å². The number of thiophene rings is 1. The number of ether oxygens (including phenoxy) is 1. The number of benzene rings is 1. The summed E-state index contributed by atoms with van der Waals surface area (Å²) in [6, 6.07) is 7.35. The number of methoxy groups -OCH3 is 1. The summed E-state index contributed by atoms with van der Waals surface area (Å²) < 4.78 is 33.3. The Morgan fingerprint density at radius 1 is 1.27 bits per heavy atom. The SMILES string of the molecule is COc1cc(C)c(C)cc1S(=O)(=O)NCCc1[nH]cnc1-c1cccs1. The minimum absolute atomic E-state index is 0.159. The summed E-state index contributed by atoms with van der Waals surface area (Å²) in [6.45, 7) is 4.07. The molecule has 0 saturated heterocycles. The van der Waals surface area contributed by atoms with Gasteiger partial charge >= 0.3 is 0 Å². The van der Waals surface area contributed by atoms with Gasteiger partial charge in [0.05, 0.1) is 18.3 Å². The van der Waals surface area contributed by atoms with E-state index in [2.05, 4.69) is 14.7 Å². The Balaban J connectivity index is 1.74. The van der Waals surface area contributed by atoms with E-state index < -0.39 is 10.0 Å². The molecule has 0 saturated carbocycles. The minimum Gasteiger partial charge on any atom is -0.495 e. The Morgan fingerprint density at radius 3 is 2.73 bits per heavy atom. The second-order valence-corrected chi connectivity index (χ2v) is 8.63. The largest absolute Gasteiger partial charge is 0.495 e. The van der Waals surface area contributed by atoms with Crippen LogP contribution in [0, 0.1) is 13.8 Å². The summed E-state index contributed by atoms with van der Waals surface area (Å²) in [4.78, 5) is 8.65. The van der Waals surface area contributed by atoms with Crippen molar-refractivity contribution in [1.29, 1.82) is 0 Å². The molecule has 0 fully saturated rings. The lowest BCUT2D eigenvalue weighted by molar-refractivity contribution is 0.402. The molecule has 0 radical (unpaired) electrons. The average Bonchev–Trinajstić information content (AvgIpc) is 3.27. The van der Waals surface area contributed by atoms with Gasteiger partial charge in [-0.25, -0.2) is 18.1 Å². The van der Waals surface area contributed by atoms with E-state index in [1.807, 2.05) is 31.4 Å². The van der Waals surface area contributed by atoms with Crippen LogP contribution in [0.4, 0.5) is 0 Å². The van der Waals surface area contributed by atoms with Crippen LogP contribution in [0.5, 0.6) is 5.75 Å². The van der Waals surface area contributed by atoms with Gasteiger partial charge in [-0.3, -0.25) is 0 Å². The fraction of sp³-hybridized carbons (Fsp3) is 0.278. The molecule has 3 aromatic rings. The van der Waals surface area contributed by atoms with Crippen LogP contribution in [-0.4, -0.2) is 32.0 Å². The van der Waals surface area contributed by atoms with E-state index in [1.54, 1.807) is 29.8 Å². The molecule has 138 valence electrons. The van der Waals surface area contributed by atoms with Crippen LogP contribution in [0.2, 0.25) is 0 Å². The van der Waals surface area contributed by atoms with Crippen molar-refractivity contribution in [1.82, 2.24) is 14.7 Å². The van der Waals surface area contributed by atoms with Gasteiger partial charge in [0, 0.05) is 18.7 Å². The molecule has 2 aromatic heterocycles. The van der Waals surface area contributed by atoms with Gasteiger partial charge < -0.3 is 9.72 Å². The predicted molar refractivity (Wildman–Crippen MR) is 103 cm³/mol. The van der Waals surface area contributed by atoms with Gasteiger partial charge in [0.2, 0.25) is 10.0 Å². The Hall–Kier alpha value is -2.16. The fourth-order valence-corrected chi connectivity index (χ4v) is 4.67. The monoisotopic (exact) mass is 391 g/mol. The van der Waals surface area contributed by atoms with Gasteiger partial charge in [0.1, 0.15) is 16.3 Å². The summed E-state index contributed by atoms with van der Waals surface area (Å²) >= 11 is 1.60. The van der Waals surface area contributed by atoms with Crippen LogP contribution in [0.1, 0.15) is 16.8 Å². The van der Waals surface area contributed by atoms with E-state index in [4.69, 9.17) is 4.74 Å². The molecule has 0 aliphatic heterocycles. The van der Waals surface area contributed by atoms with Crippen LogP contribution in [0.25, 0.3) is 10.6 Å². The highest BCUT2D eigenvalue weighted by Gasteiger charge is 2.20. The first-order valence-corrected chi connectivity index (χ1v) is 10.5. The number of aryl methyl sites for hydroxylation is 2. The van der Waals surface area contributed by atoms with Crippen molar-refractivity contribution < 1.29 is 13.2 Å². The second kappa shape index (κ2) is 7.61. The molecular formula is C18H21N3O3S2. The predicted octanol–water partition coefficient (Wildman–Crippen LogP) is 3.28. The van der Waals surface area contributed by atoms with Gasteiger partial charge in [0.15, 0.2) is 0 Å². The van der Waals surface area contributed by atoms with E-state index in [9.17, 15) is 8.42 Å². The lowest BCUT2D eigenvalue weighted by atomic mass is 10.1. The summed E-state index contributed by atoms with van der Waals surface area (Å²) in [5.74, 6) is 0.349. The van der Waals surface area contributed by atoms with Crippen molar-refractivity contribution in [3.63, 3.8) is 0 Å². The zero-order valence-corrected chi connectivity index (χ0v) is 16.5. The number of nitrogens with one attached hydrogen (secondary N) is 2. The molecule has 2 N–H and O–H groups in total. The first-order valence-electron chi connectivity index (χ1n) is 8.13. The van der Waals surface area contributed by atoms with Gasteiger partial charge in [-0.1, -0.05) is 6.07 Å². The molecule has 0 aliphatic rings. The van der Waals surface area contributed by atoms with Crippen molar-refractivity contribution in [2.24, 2.45) is 0 Å². The number of aromatic nitrogens is 2. The van der Waals surface area contributed by atoms with Gasteiger partial charge in [-0.2, -0.15) is 0 Å². The molecule has 0 amide bonds. The number of rotatable bonds is 7. The Kier molecular flexibility index (Phi) is 5.45. The van der Waals surface area contributed by atoms with Crippen LogP contribution in [0.3, 0.4) is 0 Å². The van der Waals surface area contributed by atoms with Gasteiger partial charge in [-0.15, -0.1) is 11.3 Å². The number of nitrogens with zero attached hydrogens (tertiary/aromatic N) is 1.